The number of rotatable bonds is 3. The lowest BCUT2D eigenvalue weighted by atomic mass is 10.2. The molecule has 0 spiro atoms. The maximum Gasteiger partial charge on any atom is 0.340 e. The number of aromatic nitrogens is 1. The summed E-state index contributed by atoms with van der Waals surface area (Å²) in [6.45, 7) is 0. The van der Waals surface area contributed by atoms with Gasteiger partial charge in [-0.2, -0.15) is 5.26 Å². The van der Waals surface area contributed by atoms with Crippen LogP contribution in [0.3, 0.4) is 0 Å². The van der Waals surface area contributed by atoms with Gasteiger partial charge in [0.25, 0.3) is 0 Å². The van der Waals surface area contributed by atoms with Crippen molar-refractivity contribution in [1.82, 2.24) is 4.98 Å². The minimum Gasteiger partial charge on any atom is -0.465 e. The summed E-state index contributed by atoms with van der Waals surface area (Å²) in [7, 11) is 1.27. The number of nitrogens with zero attached hydrogens (tertiary/aromatic N) is 2. The first-order valence-corrected chi connectivity index (χ1v) is 6.23. The normalized spacial score (nSPS) is 9.76. The Morgan fingerprint density at radius 2 is 2.24 bits per heavy atom. The summed E-state index contributed by atoms with van der Waals surface area (Å²) < 4.78 is 4.64. The average Bonchev–Trinajstić information content (AvgIpc) is 2.50. The molecule has 1 aromatic carbocycles. The smallest absolute Gasteiger partial charge is 0.340 e. The summed E-state index contributed by atoms with van der Waals surface area (Å²) in [5.74, 6) is -0.198. The Morgan fingerprint density at radius 3 is 2.90 bits per heavy atom. The van der Waals surface area contributed by atoms with Gasteiger partial charge in [-0.1, -0.05) is 11.6 Å². The minimum atomic E-state index is -0.560. The molecule has 0 aliphatic carbocycles. The van der Waals surface area contributed by atoms with E-state index < -0.39 is 5.97 Å². The van der Waals surface area contributed by atoms with Crippen LogP contribution in [0.2, 0.25) is 5.02 Å². The summed E-state index contributed by atoms with van der Waals surface area (Å²) in [6, 6.07) is 8.25. The molecule has 0 unspecified atom stereocenters. The quantitative estimate of drug-likeness (QED) is 0.845. The Morgan fingerprint density at radius 1 is 1.48 bits per heavy atom. The monoisotopic (exact) mass is 302 g/mol. The molecule has 0 aliphatic heterocycles. The van der Waals surface area contributed by atoms with Crippen LogP contribution < -0.4 is 11.1 Å². The van der Waals surface area contributed by atoms with E-state index >= 15 is 0 Å². The van der Waals surface area contributed by atoms with E-state index in [-0.39, 0.29) is 11.3 Å². The first kappa shape index (κ1) is 14.6. The van der Waals surface area contributed by atoms with Crippen LogP contribution in [0.25, 0.3) is 0 Å². The number of benzene rings is 1. The van der Waals surface area contributed by atoms with E-state index in [1.54, 1.807) is 18.2 Å². The molecule has 2 aromatic rings. The maximum atomic E-state index is 11.6. The topological polar surface area (TPSA) is 101 Å². The first-order valence-electron chi connectivity index (χ1n) is 5.85. The number of nitrogens with one attached hydrogen (secondary N) is 1. The van der Waals surface area contributed by atoms with Gasteiger partial charge in [0, 0.05) is 0 Å². The van der Waals surface area contributed by atoms with Crippen LogP contribution in [0.4, 0.5) is 17.2 Å². The summed E-state index contributed by atoms with van der Waals surface area (Å²) in [4.78, 5) is 15.6. The number of methoxy groups -OCH3 is 1. The highest BCUT2D eigenvalue weighted by atomic mass is 35.5. The number of anilines is 3. The highest BCUT2D eigenvalue weighted by Crippen LogP contribution is 2.26. The van der Waals surface area contributed by atoms with Gasteiger partial charge in [-0.25, -0.2) is 9.78 Å². The second-order valence-corrected chi connectivity index (χ2v) is 4.49. The van der Waals surface area contributed by atoms with Gasteiger partial charge in [-0.15, -0.1) is 0 Å². The van der Waals surface area contributed by atoms with Crippen molar-refractivity contribution >= 4 is 34.8 Å². The summed E-state index contributed by atoms with van der Waals surface area (Å²) in [5.41, 5.74) is 7.04. The maximum absolute atomic E-state index is 11.6. The number of nitriles is 1. The van der Waals surface area contributed by atoms with Crippen LogP contribution >= 0.6 is 11.6 Å². The number of hydrogen-bond acceptors (Lipinski definition) is 6. The number of pyridine rings is 1. The van der Waals surface area contributed by atoms with Gasteiger partial charge in [-0.3, -0.25) is 0 Å². The van der Waals surface area contributed by atoms with E-state index in [4.69, 9.17) is 22.6 Å². The van der Waals surface area contributed by atoms with E-state index in [0.717, 1.165) is 0 Å². The fourth-order valence-electron chi connectivity index (χ4n) is 1.65. The molecule has 3 N–H and O–H groups in total. The molecule has 0 bridgehead atoms. The molecule has 0 amide bonds. The van der Waals surface area contributed by atoms with Crippen molar-refractivity contribution in [2.75, 3.05) is 18.2 Å². The van der Waals surface area contributed by atoms with Gasteiger partial charge in [0.1, 0.15) is 5.82 Å². The fourth-order valence-corrected chi connectivity index (χ4v) is 1.81. The van der Waals surface area contributed by atoms with Gasteiger partial charge in [-0.05, 0) is 24.3 Å². The number of nitrogen functional groups attached to an aromatic ring is 1. The second kappa shape index (κ2) is 6.11. The number of esters is 1. The standard InChI is InChI=1S/C14H11ClN4O2/c1-21-14(20)9-5-13(18-7-11(9)17)19-12-4-8(6-16)2-3-10(12)15/h2-5,7H,17H2,1H3,(H,18,19). The molecule has 2 rings (SSSR count). The van der Waals surface area contributed by atoms with Crippen LogP contribution in [0.1, 0.15) is 15.9 Å². The van der Waals surface area contributed by atoms with Crippen LogP contribution in [-0.4, -0.2) is 18.1 Å². The third-order valence-corrected chi connectivity index (χ3v) is 3.03. The average molecular weight is 303 g/mol. The summed E-state index contributed by atoms with van der Waals surface area (Å²) in [5, 5.41) is 12.2. The SMILES string of the molecule is COC(=O)c1cc(Nc2cc(C#N)ccc2Cl)ncc1N. The van der Waals surface area contributed by atoms with Gasteiger partial charge in [0.2, 0.25) is 0 Å². The molecule has 0 saturated heterocycles. The molecule has 21 heavy (non-hydrogen) atoms. The Hall–Kier alpha value is -2.78. The van der Waals surface area contributed by atoms with Crippen LogP contribution in [-0.2, 0) is 4.74 Å². The predicted molar refractivity (Wildman–Crippen MR) is 79.4 cm³/mol. The molecule has 106 valence electrons. The van der Waals surface area contributed by atoms with Crippen LogP contribution in [0.15, 0.2) is 30.5 Å². The molecular weight excluding hydrogens is 292 g/mol. The number of hydrogen-bond donors (Lipinski definition) is 2. The molecular formula is C14H11ClN4O2. The molecule has 0 radical (unpaired) electrons. The highest BCUT2D eigenvalue weighted by Gasteiger charge is 2.12. The number of halogens is 1. The molecule has 0 saturated carbocycles. The van der Waals surface area contributed by atoms with E-state index in [1.165, 1.54) is 19.4 Å². The third-order valence-electron chi connectivity index (χ3n) is 2.70. The van der Waals surface area contributed by atoms with Gasteiger partial charge in [0.15, 0.2) is 0 Å². The number of carbonyl (C=O) groups excluding carboxylic acids is 1. The lowest BCUT2D eigenvalue weighted by Gasteiger charge is -2.10. The van der Waals surface area contributed by atoms with Gasteiger partial charge in [0.05, 0.1) is 46.9 Å². The van der Waals surface area contributed by atoms with Crippen LogP contribution in [0, 0.1) is 11.3 Å². The molecule has 0 fully saturated rings. The zero-order chi connectivity index (χ0) is 15.4. The predicted octanol–water partition coefficient (Wildman–Crippen LogP) is 2.72. The number of carbonyl (C=O) groups is 1. The van der Waals surface area contributed by atoms with E-state index in [2.05, 4.69) is 15.0 Å². The molecule has 7 heteroatoms. The third kappa shape index (κ3) is 3.22. The Balaban J connectivity index is 2.36. The van der Waals surface area contributed by atoms with Crippen LogP contribution in [0.5, 0.6) is 0 Å². The molecule has 1 heterocycles. The number of ether oxygens (including phenoxy) is 1. The largest absolute Gasteiger partial charge is 0.465 e. The fraction of sp³-hybridized carbons (Fsp3) is 0.0714. The van der Waals surface area contributed by atoms with E-state index in [1.807, 2.05) is 6.07 Å². The Labute approximate surface area is 126 Å². The zero-order valence-corrected chi connectivity index (χ0v) is 11.8. The Kier molecular flexibility index (Phi) is 4.26. The van der Waals surface area contributed by atoms with Crippen molar-refractivity contribution in [1.29, 1.82) is 5.26 Å². The lowest BCUT2D eigenvalue weighted by Crippen LogP contribution is -2.07. The number of nitrogens with two attached hydrogens (primary N) is 1. The van der Waals surface area contributed by atoms with Crippen molar-refractivity contribution in [3.8, 4) is 6.07 Å². The molecule has 6 nitrogen and oxygen atoms in total. The molecule has 0 atom stereocenters. The lowest BCUT2D eigenvalue weighted by molar-refractivity contribution is 0.0602. The molecule has 0 aliphatic rings. The summed E-state index contributed by atoms with van der Waals surface area (Å²) in [6.07, 6.45) is 1.34. The first-order chi connectivity index (χ1) is 10.0. The van der Waals surface area contributed by atoms with E-state index in [0.29, 0.717) is 22.1 Å². The van der Waals surface area contributed by atoms with Crippen molar-refractivity contribution in [2.24, 2.45) is 0 Å². The van der Waals surface area contributed by atoms with E-state index in [9.17, 15) is 4.79 Å². The second-order valence-electron chi connectivity index (χ2n) is 4.08. The zero-order valence-electron chi connectivity index (χ0n) is 11.1. The Bertz CT molecular complexity index is 740. The van der Waals surface area contributed by atoms with Crippen molar-refractivity contribution in [3.05, 3.63) is 46.6 Å². The summed E-state index contributed by atoms with van der Waals surface area (Å²) >= 11 is 6.05. The van der Waals surface area contributed by atoms with Gasteiger partial charge < -0.3 is 15.8 Å². The van der Waals surface area contributed by atoms with Crippen molar-refractivity contribution in [2.45, 2.75) is 0 Å². The molecule has 1 aromatic heterocycles. The van der Waals surface area contributed by atoms with Gasteiger partial charge >= 0.3 is 5.97 Å². The minimum absolute atomic E-state index is 0.197. The van der Waals surface area contributed by atoms with Crippen molar-refractivity contribution < 1.29 is 9.53 Å². The highest BCUT2D eigenvalue weighted by molar-refractivity contribution is 6.33. The van der Waals surface area contributed by atoms with Crippen molar-refractivity contribution in [3.63, 3.8) is 0 Å².